The van der Waals surface area contributed by atoms with Crippen molar-refractivity contribution in [2.75, 3.05) is 20.3 Å². The monoisotopic (exact) mass is 398 g/mol. The zero-order valence-corrected chi connectivity index (χ0v) is 14.9. The molecule has 4 nitrogen and oxygen atoms in total. The molecule has 2 aromatic rings. The van der Waals surface area contributed by atoms with E-state index in [0.29, 0.717) is 30.6 Å². The van der Waals surface area contributed by atoms with Crippen LogP contribution in [0.1, 0.15) is 17.4 Å². The molecule has 1 heterocycles. The van der Waals surface area contributed by atoms with Crippen molar-refractivity contribution in [3.63, 3.8) is 0 Å². The van der Waals surface area contributed by atoms with Crippen molar-refractivity contribution in [1.29, 1.82) is 0 Å². The first kappa shape index (κ1) is 16.6. The van der Waals surface area contributed by atoms with Crippen molar-refractivity contribution >= 4 is 27.5 Å². The summed E-state index contributed by atoms with van der Waals surface area (Å²) in [6, 6.07) is 11.5. The van der Waals surface area contributed by atoms with Crippen molar-refractivity contribution in [3.8, 4) is 11.5 Å². The van der Waals surface area contributed by atoms with Crippen LogP contribution in [-0.2, 0) is 16.1 Å². The van der Waals surface area contributed by atoms with E-state index in [1.54, 1.807) is 7.11 Å². The molecule has 122 valence electrons. The van der Waals surface area contributed by atoms with Gasteiger partial charge in [0.05, 0.1) is 30.9 Å². The van der Waals surface area contributed by atoms with Gasteiger partial charge in [0.2, 0.25) is 0 Å². The molecule has 0 unspecified atom stereocenters. The van der Waals surface area contributed by atoms with E-state index < -0.39 is 6.29 Å². The minimum absolute atomic E-state index is 0.389. The fourth-order valence-corrected chi connectivity index (χ4v) is 2.83. The average molecular weight is 400 g/mol. The van der Waals surface area contributed by atoms with E-state index in [2.05, 4.69) is 15.9 Å². The molecule has 0 N–H and O–H groups in total. The van der Waals surface area contributed by atoms with Gasteiger partial charge in [0.25, 0.3) is 0 Å². The van der Waals surface area contributed by atoms with Gasteiger partial charge < -0.3 is 18.9 Å². The molecule has 0 radical (unpaired) electrons. The first-order chi connectivity index (χ1) is 11.2. The van der Waals surface area contributed by atoms with Crippen LogP contribution >= 0.6 is 27.5 Å². The Morgan fingerprint density at radius 3 is 2.48 bits per heavy atom. The topological polar surface area (TPSA) is 36.9 Å². The number of benzene rings is 2. The Hall–Kier alpha value is -1.27. The van der Waals surface area contributed by atoms with Crippen molar-refractivity contribution in [2.45, 2.75) is 12.9 Å². The Morgan fingerprint density at radius 1 is 1.13 bits per heavy atom. The lowest BCUT2D eigenvalue weighted by Gasteiger charge is -2.17. The minimum atomic E-state index is -0.438. The van der Waals surface area contributed by atoms with Gasteiger partial charge in [-0.15, -0.1) is 0 Å². The molecular formula is C17H16BrClO4. The largest absolute Gasteiger partial charge is 0.497 e. The first-order valence-electron chi connectivity index (χ1n) is 7.16. The molecule has 1 aliphatic rings. The minimum Gasteiger partial charge on any atom is -0.497 e. The molecule has 0 aromatic heterocycles. The highest BCUT2D eigenvalue weighted by molar-refractivity contribution is 9.10. The van der Waals surface area contributed by atoms with Crippen LogP contribution in [0.2, 0.25) is 5.02 Å². The number of rotatable bonds is 5. The van der Waals surface area contributed by atoms with Crippen molar-refractivity contribution in [2.24, 2.45) is 0 Å². The lowest BCUT2D eigenvalue weighted by atomic mass is 10.2. The standard InChI is InChI=1S/C17H16BrClO4/c1-20-12-4-2-11(3-5-12)10-23-16-13(17-21-8-9-22-17)6-7-14(18)15(16)19/h2-7,17H,8-10H2,1H3. The molecule has 0 spiro atoms. The van der Waals surface area contributed by atoms with Crippen LogP contribution in [0.5, 0.6) is 11.5 Å². The van der Waals surface area contributed by atoms with Gasteiger partial charge in [0.15, 0.2) is 6.29 Å². The summed E-state index contributed by atoms with van der Waals surface area (Å²) in [5.41, 5.74) is 1.81. The molecule has 3 rings (SSSR count). The number of halogens is 2. The molecule has 1 aliphatic heterocycles. The Morgan fingerprint density at radius 2 is 1.83 bits per heavy atom. The molecule has 2 aromatic carbocycles. The summed E-state index contributed by atoms with van der Waals surface area (Å²) in [6.45, 7) is 1.52. The zero-order valence-electron chi connectivity index (χ0n) is 12.6. The van der Waals surface area contributed by atoms with Gasteiger partial charge in [-0.05, 0) is 45.8 Å². The van der Waals surface area contributed by atoms with E-state index >= 15 is 0 Å². The zero-order chi connectivity index (χ0) is 16.2. The van der Waals surface area contributed by atoms with Crippen molar-refractivity contribution < 1.29 is 18.9 Å². The molecule has 0 bridgehead atoms. The molecule has 0 amide bonds. The maximum atomic E-state index is 6.39. The second-order valence-electron chi connectivity index (χ2n) is 4.99. The number of hydrogen-bond acceptors (Lipinski definition) is 4. The Bertz CT molecular complexity index is 669. The maximum absolute atomic E-state index is 6.39. The number of methoxy groups -OCH3 is 1. The molecule has 23 heavy (non-hydrogen) atoms. The second-order valence-corrected chi connectivity index (χ2v) is 6.22. The molecule has 1 fully saturated rings. The van der Waals surface area contributed by atoms with Gasteiger partial charge in [-0.2, -0.15) is 0 Å². The predicted molar refractivity (Wildman–Crippen MR) is 91.1 cm³/mol. The Balaban J connectivity index is 1.81. The van der Waals surface area contributed by atoms with E-state index in [1.165, 1.54) is 0 Å². The predicted octanol–water partition coefficient (Wildman–Crippen LogP) is 4.74. The number of ether oxygens (including phenoxy) is 4. The summed E-state index contributed by atoms with van der Waals surface area (Å²) in [5, 5.41) is 0.509. The van der Waals surface area contributed by atoms with Gasteiger partial charge in [-0.3, -0.25) is 0 Å². The van der Waals surface area contributed by atoms with E-state index in [1.807, 2.05) is 36.4 Å². The first-order valence-corrected chi connectivity index (χ1v) is 8.33. The van der Waals surface area contributed by atoms with Gasteiger partial charge in [-0.1, -0.05) is 23.7 Å². The second kappa shape index (κ2) is 7.53. The SMILES string of the molecule is COc1ccc(COc2c(C3OCCO3)ccc(Br)c2Cl)cc1. The van der Waals surface area contributed by atoms with Crippen LogP contribution < -0.4 is 9.47 Å². The van der Waals surface area contributed by atoms with Crippen molar-refractivity contribution in [3.05, 3.63) is 57.0 Å². The van der Waals surface area contributed by atoms with Gasteiger partial charge in [0, 0.05) is 4.47 Å². The van der Waals surface area contributed by atoms with Crippen LogP contribution in [0, 0.1) is 0 Å². The molecule has 1 saturated heterocycles. The summed E-state index contributed by atoms with van der Waals surface area (Å²) in [7, 11) is 1.64. The fraction of sp³-hybridized carbons (Fsp3) is 0.294. The van der Waals surface area contributed by atoms with Gasteiger partial charge >= 0.3 is 0 Å². The molecule has 0 aliphatic carbocycles. The van der Waals surface area contributed by atoms with Crippen LogP contribution in [0.25, 0.3) is 0 Å². The normalized spacial score (nSPS) is 14.9. The average Bonchev–Trinajstić information content (AvgIpc) is 3.11. The summed E-state index contributed by atoms with van der Waals surface area (Å²) < 4.78 is 23.0. The third-order valence-electron chi connectivity index (χ3n) is 3.50. The molecule has 0 saturated carbocycles. The maximum Gasteiger partial charge on any atom is 0.187 e. The Labute approximate surface area is 148 Å². The lowest BCUT2D eigenvalue weighted by molar-refractivity contribution is -0.0458. The van der Waals surface area contributed by atoms with E-state index in [4.69, 9.17) is 30.5 Å². The lowest BCUT2D eigenvalue weighted by Crippen LogP contribution is -2.05. The highest BCUT2D eigenvalue weighted by atomic mass is 79.9. The Kier molecular flexibility index (Phi) is 5.43. The van der Waals surface area contributed by atoms with E-state index in [0.717, 1.165) is 21.3 Å². The van der Waals surface area contributed by atoms with Crippen LogP contribution in [0.4, 0.5) is 0 Å². The summed E-state index contributed by atoms with van der Waals surface area (Å²) >= 11 is 9.81. The van der Waals surface area contributed by atoms with Gasteiger partial charge in [0.1, 0.15) is 18.1 Å². The third-order valence-corrected chi connectivity index (χ3v) is 4.76. The molecule has 6 heteroatoms. The van der Waals surface area contributed by atoms with E-state index in [-0.39, 0.29) is 0 Å². The van der Waals surface area contributed by atoms with Crippen LogP contribution in [-0.4, -0.2) is 20.3 Å². The summed E-state index contributed by atoms with van der Waals surface area (Å²) in [4.78, 5) is 0. The van der Waals surface area contributed by atoms with Crippen LogP contribution in [0.3, 0.4) is 0 Å². The summed E-state index contributed by atoms with van der Waals surface area (Å²) in [5.74, 6) is 1.38. The molecular weight excluding hydrogens is 384 g/mol. The fourth-order valence-electron chi connectivity index (χ4n) is 2.29. The third kappa shape index (κ3) is 3.80. The smallest absolute Gasteiger partial charge is 0.187 e. The van der Waals surface area contributed by atoms with Gasteiger partial charge in [-0.25, -0.2) is 0 Å². The summed E-state index contributed by atoms with van der Waals surface area (Å²) in [6.07, 6.45) is -0.438. The number of hydrogen-bond donors (Lipinski definition) is 0. The highest BCUT2D eigenvalue weighted by Gasteiger charge is 2.25. The van der Waals surface area contributed by atoms with Crippen molar-refractivity contribution in [1.82, 2.24) is 0 Å². The highest BCUT2D eigenvalue weighted by Crippen LogP contribution is 2.41. The molecule has 0 atom stereocenters. The quantitative estimate of drug-likeness (QED) is 0.728. The van der Waals surface area contributed by atoms with Crippen LogP contribution in [0.15, 0.2) is 40.9 Å². The van der Waals surface area contributed by atoms with E-state index in [9.17, 15) is 0 Å².